The summed E-state index contributed by atoms with van der Waals surface area (Å²) in [5.74, 6) is -1.02. The van der Waals surface area contributed by atoms with Crippen molar-refractivity contribution in [2.24, 2.45) is 0 Å². The summed E-state index contributed by atoms with van der Waals surface area (Å²) in [5, 5.41) is 7.58. The molecule has 19 heavy (non-hydrogen) atoms. The number of esters is 1. The number of halogens is 1. The fraction of sp³-hybridized carbons (Fsp3) is 0.250. The molecule has 1 heterocycles. The van der Waals surface area contributed by atoms with Gasteiger partial charge < -0.3 is 9.47 Å². The molecule has 0 saturated heterocycles. The van der Waals surface area contributed by atoms with E-state index >= 15 is 0 Å². The number of carbonyl (C=O) groups excluding carboxylic acids is 1. The summed E-state index contributed by atoms with van der Waals surface area (Å²) in [7, 11) is 2.73. The van der Waals surface area contributed by atoms with Gasteiger partial charge in [-0.3, -0.25) is 0 Å². The molecule has 1 aromatic carbocycles. The van der Waals surface area contributed by atoms with Crippen LogP contribution in [0.3, 0.4) is 0 Å². The van der Waals surface area contributed by atoms with Crippen molar-refractivity contribution in [1.29, 1.82) is 0 Å². The van der Waals surface area contributed by atoms with Crippen LogP contribution in [0, 0.1) is 5.82 Å². The van der Waals surface area contributed by atoms with Crippen molar-refractivity contribution < 1.29 is 18.7 Å². The molecule has 0 aliphatic carbocycles. The molecular formula is C12H12FN3O3. The van der Waals surface area contributed by atoms with Crippen LogP contribution < -0.4 is 0 Å². The van der Waals surface area contributed by atoms with Gasteiger partial charge in [0.1, 0.15) is 11.5 Å². The monoisotopic (exact) mass is 265 g/mol. The lowest BCUT2D eigenvalue weighted by Gasteiger charge is -2.06. The molecule has 2 aromatic rings. The Balaban J connectivity index is 2.51. The van der Waals surface area contributed by atoms with Crippen molar-refractivity contribution in [1.82, 2.24) is 15.0 Å². The second-order valence-electron chi connectivity index (χ2n) is 3.70. The average Bonchev–Trinajstić information content (AvgIpc) is 2.82. The van der Waals surface area contributed by atoms with E-state index in [9.17, 15) is 9.18 Å². The standard InChI is InChI=1S/C12H12FN3O3/c1-18-7-10-11(12(17)19-2)14-15-16(10)9-5-3-4-8(13)6-9/h3-6H,7H2,1-2H3. The Kier molecular flexibility index (Phi) is 3.86. The van der Waals surface area contributed by atoms with E-state index in [0.717, 1.165) is 0 Å². The van der Waals surface area contributed by atoms with Gasteiger partial charge in [0.15, 0.2) is 5.69 Å². The number of methoxy groups -OCH3 is 2. The Labute approximate surface area is 108 Å². The fourth-order valence-corrected chi connectivity index (χ4v) is 1.64. The average molecular weight is 265 g/mol. The van der Waals surface area contributed by atoms with Gasteiger partial charge in [0.25, 0.3) is 0 Å². The van der Waals surface area contributed by atoms with Gasteiger partial charge in [-0.05, 0) is 18.2 Å². The molecule has 2 rings (SSSR count). The molecule has 6 nitrogen and oxygen atoms in total. The van der Waals surface area contributed by atoms with Crippen LogP contribution in [0.25, 0.3) is 5.69 Å². The number of hydrogen-bond donors (Lipinski definition) is 0. The Hall–Kier alpha value is -2.28. The van der Waals surface area contributed by atoms with Crippen LogP contribution in [0.1, 0.15) is 16.2 Å². The van der Waals surface area contributed by atoms with Gasteiger partial charge in [-0.2, -0.15) is 0 Å². The van der Waals surface area contributed by atoms with Gasteiger partial charge in [0.2, 0.25) is 0 Å². The van der Waals surface area contributed by atoms with Crippen LogP contribution in [0.2, 0.25) is 0 Å². The molecule has 0 aliphatic heterocycles. The van der Waals surface area contributed by atoms with Gasteiger partial charge in [0, 0.05) is 7.11 Å². The molecule has 7 heteroatoms. The third-order valence-corrected chi connectivity index (χ3v) is 2.48. The number of aromatic nitrogens is 3. The normalized spacial score (nSPS) is 10.5. The summed E-state index contributed by atoms with van der Waals surface area (Å²) in [6, 6.07) is 5.80. The van der Waals surface area contributed by atoms with E-state index in [1.54, 1.807) is 12.1 Å². The molecule has 0 amide bonds. The highest BCUT2D eigenvalue weighted by Crippen LogP contribution is 2.15. The Morgan fingerprint density at radius 3 is 2.84 bits per heavy atom. The lowest BCUT2D eigenvalue weighted by atomic mass is 10.2. The summed E-state index contributed by atoms with van der Waals surface area (Å²) in [6.45, 7) is 0.105. The number of benzene rings is 1. The first kappa shape index (κ1) is 13.2. The lowest BCUT2D eigenvalue weighted by Crippen LogP contribution is -2.09. The van der Waals surface area contributed by atoms with Crippen LogP contribution in [-0.2, 0) is 16.1 Å². The van der Waals surface area contributed by atoms with Gasteiger partial charge in [-0.15, -0.1) is 5.10 Å². The predicted molar refractivity (Wildman–Crippen MR) is 63.4 cm³/mol. The minimum Gasteiger partial charge on any atom is -0.464 e. The molecule has 0 spiro atoms. The van der Waals surface area contributed by atoms with Gasteiger partial charge in [-0.1, -0.05) is 11.3 Å². The maximum Gasteiger partial charge on any atom is 0.360 e. The maximum atomic E-state index is 13.2. The summed E-state index contributed by atoms with van der Waals surface area (Å²) >= 11 is 0. The van der Waals surface area contributed by atoms with Crippen molar-refractivity contribution >= 4 is 5.97 Å². The highest BCUT2D eigenvalue weighted by atomic mass is 19.1. The van der Waals surface area contributed by atoms with E-state index < -0.39 is 11.8 Å². The number of nitrogens with zero attached hydrogens (tertiary/aromatic N) is 3. The lowest BCUT2D eigenvalue weighted by molar-refractivity contribution is 0.0588. The number of hydrogen-bond acceptors (Lipinski definition) is 5. The maximum absolute atomic E-state index is 13.2. The molecule has 0 atom stereocenters. The minimum atomic E-state index is -0.616. The smallest absolute Gasteiger partial charge is 0.360 e. The Morgan fingerprint density at radius 1 is 1.42 bits per heavy atom. The molecule has 0 radical (unpaired) electrons. The number of rotatable bonds is 4. The van der Waals surface area contributed by atoms with Crippen LogP contribution >= 0.6 is 0 Å². The van der Waals surface area contributed by atoms with E-state index in [1.807, 2.05) is 0 Å². The first-order chi connectivity index (χ1) is 9.17. The van der Waals surface area contributed by atoms with Crippen LogP contribution in [-0.4, -0.2) is 35.2 Å². The Morgan fingerprint density at radius 2 is 2.21 bits per heavy atom. The fourth-order valence-electron chi connectivity index (χ4n) is 1.64. The zero-order valence-electron chi connectivity index (χ0n) is 10.5. The number of carbonyl (C=O) groups is 1. The second kappa shape index (κ2) is 5.57. The predicted octanol–water partition coefficient (Wildman–Crippen LogP) is 1.34. The summed E-state index contributed by atoms with van der Waals surface area (Å²) in [5.41, 5.74) is 0.906. The van der Waals surface area contributed by atoms with Crippen molar-refractivity contribution in [3.8, 4) is 5.69 Å². The quantitative estimate of drug-likeness (QED) is 0.780. The zero-order valence-corrected chi connectivity index (χ0v) is 10.5. The van der Waals surface area contributed by atoms with Crippen molar-refractivity contribution in [3.63, 3.8) is 0 Å². The molecule has 100 valence electrons. The van der Waals surface area contributed by atoms with Gasteiger partial charge in [-0.25, -0.2) is 13.9 Å². The van der Waals surface area contributed by atoms with E-state index in [1.165, 1.54) is 31.0 Å². The van der Waals surface area contributed by atoms with E-state index in [0.29, 0.717) is 11.4 Å². The Bertz CT molecular complexity index is 598. The topological polar surface area (TPSA) is 66.2 Å². The first-order valence-electron chi connectivity index (χ1n) is 5.45. The molecule has 0 N–H and O–H groups in total. The van der Waals surface area contributed by atoms with Crippen molar-refractivity contribution in [2.45, 2.75) is 6.61 Å². The summed E-state index contributed by atoms with van der Waals surface area (Å²) < 4.78 is 24.2. The largest absolute Gasteiger partial charge is 0.464 e. The van der Waals surface area contributed by atoms with Crippen molar-refractivity contribution in [2.75, 3.05) is 14.2 Å². The third-order valence-electron chi connectivity index (χ3n) is 2.48. The van der Waals surface area contributed by atoms with Crippen LogP contribution in [0.15, 0.2) is 24.3 Å². The minimum absolute atomic E-state index is 0.0496. The first-order valence-corrected chi connectivity index (χ1v) is 5.45. The molecular weight excluding hydrogens is 253 g/mol. The SMILES string of the molecule is COCc1c(C(=O)OC)nnn1-c1cccc(F)c1. The highest BCUT2D eigenvalue weighted by Gasteiger charge is 2.21. The summed E-state index contributed by atoms with van der Waals surface area (Å²) in [6.07, 6.45) is 0. The molecule has 0 bridgehead atoms. The van der Waals surface area contributed by atoms with Crippen LogP contribution in [0.4, 0.5) is 4.39 Å². The zero-order chi connectivity index (χ0) is 13.8. The summed E-state index contributed by atoms with van der Waals surface area (Å²) in [4.78, 5) is 11.6. The number of ether oxygens (including phenoxy) is 2. The molecule has 0 saturated carbocycles. The second-order valence-corrected chi connectivity index (χ2v) is 3.70. The van der Waals surface area contributed by atoms with Crippen LogP contribution in [0.5, 0.6) is 0 Å². The van der Waals surface area contributed by atoms with Crippen molar-refractivity contribution in [3.05, 3.63) is 41.5 Å². The van der Waals surface area contributed by atoms with E-state index in [-0.39, 0.29) is 12.3 Å². The molecule has 0 fully saturated rings. The van der Waals surface area contributed by atoms with Gasteiger partial charge in [0.05, 0.1) is 19.4 Å². The molecule has 0 unspecified atom stereocenters. The van der Waals surface area contributed by atoms with E-state index in [4.69, 9.17) is 4.74 Å². The van der Waals surface area contributed by atoms with Gasteiger partial charge >= 0.3 is 5.97 Å². The highest BCUT2D eigenvalue weighted by molar-refractivity contribution is 5.88. The molecule has 0 aliphatic rings. The molecule has 1 aromatic heterocycles. The third kappa shape index (κ3) is 2.60. The van der Waals surface area contributed by atoms with E-state index in [2.05, 4.69) is 15.0 Å².